The quantitative estimate of drug-likeness (QED) is 0.585. The summed E-state index contributed by atoms with van der Waals surface area (Å²) in [4.78, 5) is 22.1. The molecule has 11 heteroatoms. The average molecular weight is 378 g/mol. The zero-order chi connectivity index (χ0) is 17.7. The molecule has 0 aromatic heterocycles. The first-order valence-corrected chi connectivity index (χ1v) is 7.65. The van der Waals surface area contributed by atoms with Gasteiger partial charge in [-0.15, -0.1) is 5.10 Å². The molecule has 128 valence electrons. The van der Waals surface area contributed by atoms with Crippen molar-refractivity contribution in [1.29, 1.82) is 0 Å². The Kier molecular flexibility index (Phi) is 6.10. The van der Waals surface area contributed by atoms with E-state index in [1.807, 2.05) is 0 Å². The van der Waals surface area contributed by atoms with E-state index >= 15 is 0 Å². The molecule has 7 nitrogen and oxygen atoms in total. The van der Waals surface area contributed by atoms with Gasteiger partial charge in [-0.2, -0.15) is 13.9 Å². The Morgan fingerprint density at radius 1 is 1.54 bits per heavy atom. The lowest BCUT2D eigenvalue weighted by atomic mass is 10.2. The molecule has 1 aromatic carbocycles. The molecule has 0 spiro atoms. The van der Waals surface area contributed by atoms with Crippen LogP contribution in [0.4, 0.5) is 8.78 Å². The van der Waals surface area contributed by atoms with Gasteiger partial charge in [0.25, 0.3) is 0 Å². The fraction of sp³-hybridized carbons (Fsp3) is 0.231. The van der Waals surface area contributed by atoms with Gasteiger partial charge in [-0.25, -0.2) is 0 Å². The summed E-state index contributed by atoms with van der Waals surface area (Å²) in [5.74, 6) is -1.76. The Balaban J connectivity index is 2.09. The van der Waals surface area contributed by atoms with Crippen LogP contribution in [0.5, 0.6) is 5.75 Å². The third kappa shape index (κ3) is 5.17. The van der Waals surface area contributed by atoms with Crippen molar-refractivity contribution in [2.75, 3.05) is 0 Å². The van der Waals surface area contributed by atoms with Crippen LogP contribution in [0.25, 0.3) is 0 Å². The second-order valence-corrected chi connectivity index (χ2v) is 6.03. The number of nitrogens with one attached hydrogen (secondary N) is 1. The van der Waals surface area contributed by atoms with Crippen LogP contribution in [-0.4, -0.2) is 40.2 Å². The number of halogens is 3. The second-order valence-electron chi connectivity index (χ2n) is 4.40. The van der Waals surface area contributed by atoms with E-state index in [1.54, 1.807) is 0 Å². The molecule has 1 heterocycles. The first kappa shape index (κ1) is 18.1. The van der Waals surface area contributed by atoms with E-state index in [-0.39, 0.29) is 27.9 Å². The highest BCUT2D eigenvalue weighted by Crippen LogP contribution is 2.24. The van der Waals surface area contributed by atoms with Crippen molar-refractivity contribution in [2.24, 2.45) is 10.2 Å². The number of amidine groups is 1. The Bertz CT molecular complexity index is 714. The highest BCUT2D eigenvalue weighted by Gasteiger charge is 2.32. The van der Waals surface area contributed by atoms with E-state index in [2.05, 4.69) is 20.3 Å². The van der Waals surface area contributed by atoms with Crippen molar-refractivity contribution in [1.82, 2.24) is 5.32 Å². The molecule has 1 unspecified atom stereocenters. The van der Waals surface area contributed by atoms with Gasteiger partial charge in [0.1, 0.15) is 11.0 Å². The molecule has 1 aliphatic rings. The fourth-order valence-electron chi connectivity index (χ4n) is 1.70. The molecule has 2 rings (SSSR count). The topological polar surface area (TPSA) is 100 Å². The summed E-state index contributed by atoms with van der Waals surface area (Å²) in [5, 5.41) is 18.0. The zero-order valence-electron chi connectivity index (χ0n) is 11.8. The number of thioether (sulfide) groups is 1. The molecule has 1 amide bonds. The van der Waals surface area contributed by atoms with Gasteiger partial charge in [0.05, 0.1) is 12.6 Å². The van der Waals surface area contributed by atoms with E-state index < -0.39 is 23.7 Å². The SMILES string of the molecule is O=C(O)CC1SC(=NN=Cc2ccc(Cl)cc2OC(F)F)NC1=O. The molecular formula is C13H10ClF2N3O4S. The molecular weight excluding hydrogens is 368 g/mol. The van der Waals surface area contributed by atoms with Gasteiger partial charge in [0.2, 0.25) is 5.91 Å². The Morgan fingerprint density at radius 3 is 2.96 bits per heavy atom. The normalized spacial score (nSPS) is 19.2. The van der Waals surface area contributed by atoms with E-state index in [9.17, 15) is 18.4 Å². The largest absolute Gasteiger partial charge is 0.481 e. The van der Waals surface area contributed by atoms with Crippen LogP contribution in [-0.2, 0) is 9.59 Å². The molecule has 0 bridgehead atoms. The molecule has 0 radical (unpaired) electrons. The summed E-state index contributed by atoms with van der Waals surface area (Å²) in [5.41, 5.74) is 0.209. The first-order chi connectivity index (χ1) is 11.3. The van der Waals surface area contributed by atoms with Crippen molar-refractivity contribution < 1.29 is 28.2 Å². The van der Waals surface area contributed by atoms with Crippen LogP contribution in [0.15, 0.2) is 28.4 Å². The second kappa shape index (κ2) is 8.06. The number of ether oxygens (including phenoxy) is 1. The Morgan fingerprint density at radius 2 is 2.29 bits per heavy atom. The number of carbonyl (C=O) groups excluding carboxylic acids is 1. The third-order valence-electron chi connectivity index (χ3n) is 2.67. The number of carboxylic acids is 1. The van der Waals surface area contributed by atoms with Crippen LogP contribution >= 0.6 is 23.4 Å². The number of alkyl halides is 2. The van der Waals surface area contributed by atoms with E-state index in [0.717, 1.165) is 18.0 Å². The molecule has 1 saturated heterocycles. The van der Waals surface area contributed by atoms with Gasteiger partial charge in [0, 0.05) is 10.6 Å². The first-order valence-electron chi connectivity index (χ1n) is 6.40. The molecule has 0 aliphatic carbocycles. The minimum Gasteiger partial charge on any atom is -0.481 e. The van der Waals surface area contributed by atoms with Crippen LogP contribution in [0.3, 0.4) is 0 Å². The molecule has 1 aromatic rings. The van der Waals surface area contributed by atoms with Crippen LogP contribution in [0, 0.1) is 0 Å². The number of carboxylic acid groups (broad SMARTS) is 1. The van der Waals surface area contributed by atoms with Crippen molar-refractivity contribution in [3.05, 3.63) is 28.8 Å². The zero-order valence-corrected chi connectivity index (χ0v) is 13.4. The maximum absolute atomic E-state index is 12.4. The van der Waals surface area contributed by atoms with Crippen molar-refractivity contribution >= 4 is 46.6 Å². The summed E-state index contributed by atoms with van der Waals surface area (Å²) < 4.78 is 29.0. The van der Waals surface area contributed by atoms with E-state index in [0.29, 0.717) is 0 Å². The molecule has 1 aliphatic heterocycles. The number of hydrogen-bond donors (Lipinski definition) is 2. The highest BCUT2D eigenvalue weighted by atomic mass is 35.5. The standard InChI is InChI=1S/C13H10ClF2N3O4S/c14-7-2-1-6(8(3-7)23-12(15)16)5-17-19-13-18-11(22)9(24-13)4-10(20)21/h1-3,5,9,12H,4H2,(H,20,21)(H,18,19,22). The maximum atomic E-state index is 12.4. The van der Waals surface area contributed by atoms with Crippen LogP contribution in [0.1, 0.15) is 12.0 Å². The van der Waals surface area contributed by atoms with Crippen molar-refractivity contribution in [3.8, 4) is 5.75 Å². The molecule has 24 heavy (non-hydrogen) atoms. The fourth-order valence-corrected chi connectivity index (χ4v) is 2.78. The lowest BCUT2D eigenvalue weighted by Crippen LogP contribution is -2.26. The predicted octanol–water partition coefficient (Wildman–Crippen LogP) is 2.34. The smallest absolute Gasteiger partial charge is 0.387 e. The predicted molar refractivity (Wildman–Crippen MR) is 84.9 cm³/mol. The van der Waals surface area contributed by atoms with Gasteiger partial charge in [-0.1, -0.05) is 23.4 Å². The van der Waals surface area contributed by atoms with Crippen molar-refractivity contribution in [2.45, 2.75) is 18.3 Å². The summed E-state index contributed by atoms with van der Waals surface area (Å²) in [6, 6.07) is 4.08. The minimum atomic E-state index is -3.02. The highest BCUT2D eigenvalue weighted by molar-refractivity contribution is 8.15. The molecule has 1 fully saturated rings. The number of rotatable bonds is 6. The summed E-state index contributed by atoms with van der Waals surface area (Å²) in [6.45, 7) is -3.02. The molecule has 0 saturated carbocycles. The number of hydrogen-bond acceptors (Lipinski definition) is 6. The number of aliphatic carboxylic acids is 1. The summed E-state index contributed by atoms with van der Waals surface area (Å²) in [7, 11) is 0. The number of carbonyl (C=O) groups is 2. The average Bonchev–Trinajstić information content (AvgIpc) is 2.80. The van der Waals surface area contributed by atoms with E-state index in [1.165, 1.54) is 18.2 Å². The van der Waals surface area contributed by atoms with Gasteiger partial charge < -0.3 is 15.2 Å². The minimum absolute atomic E-state index is 0.118. The Labute approximate surface area is 143 Å². The number of nitrogens with zero attached hydrogens (tertiary/aromatic N) is 2. The number of benzene rings is 1. The van der Waals surface area contributed by atoms with Crippen LogP contribution in [0.2, 0.25) is 5.02 Å². The monoisotopic (exact) mass is 377 g/mol. The van der Waals surface area contributed by atoms with E-state index in [4.69, 9.17) is 16.7 Å². The number of amides is 1. The third-order valence-corrected chi connectivity index (χ3v) is 3.98. The van der Waals surface area contributed by atoms with Gasteiger partial charge >= 0.3 is 12.6 Å². The lowest BCUT2D eigenvalue weighted by molar-refractivity contribution is -0.138. The maximum Gasteiger partial charge on any atom is 0.387 e. The van der Waals surface area contributed by atoms with Crippen molar-refractivity contribution in [3.63, 3.8) is 0 Å². The van der Waals surface area contributed by atoms with Gasteiger partial charge in [-0.05, 0) is 18.2 Å². The summed E-state index contributed by atoms with van der Waals surface area (Å²) >= 11 is 6.64. The van der Waals surface area contributed by atoms with Gasteiger partial charge in [-0.3, -0.25) is 9.59 Å². The Hall–Kier alpha value is -2.20. The van der Waals surface area contributed by atoms with Gasteiger partial charge in [0.15, 0.2) is 5.17 Å². The summed E-state index contributed by atoms with van der Waals surface area (Å²) in [6.07, 6.45) is 0.807. The molecule has 1 atom stereocenters. The van der Waals surface area contributed by atoms with Crippen LogP contribution < -0.4 is 10.1 Å². The molecule has 2 N–H and O–H groups in total. The lowest BCUT2D eigenvalue weighted by Gasteiger charge is -2.07.